The summed E-state index contributed by atoms with van der Waals surface area (Å²) < 4.78 is 51.1. The van der Waals surface area contributed by atoms with E-state index in [9.17, 15) is 10.2 Å². The number of phenols is 2. The van der Waals surface area contributed by atoms with E-state index in [2.05, 4.69) is 191 Å². The van der Waals surface area contributed by atoms with E-state index in [0.717, 1.165) is 33.2 Å². The lowest BCUT2D eigenvalue weighted by Crippen LogP contribution is -2.28. The Morgan fingerprint density at radius 3 is 0.860 bits per heavy atom. The summed E-state index contributed by atoms with van der Waals surface area (Å²) in [6, 6.07) is 43.3. The zero-order valence-corrected chi connectivity index (χ0v) is 70.8. The van der Waals surface area contributed by atoms with Crippen molar-refractivity contribution in [3.05, 3.63) is 155 Å². The van der Waals surface area contributed by atoms with E-state index in [4.69, 9.17) is 9.47 Å². The van der Waals surface area contributed by atoms with Crippen molar-refractivity contribution < 1.29 is 28.5 Å². The number of ether oxygens (including phenoxy) is 2. The van der Waals surface area contributed by atoms with Gasteiger partial charge >= 0.3 is 0 Å². The van der Waals surface area contributed by atoms with Gasteiger partial charge in [-0.15, -0.1) is 0 Å². The van der Waals surface area contributed by atoms with Gasteiger partial charge in [0.05, 0.1) is 46.7 Å². The first kappa shape index (κ1) is 77.9. The monoisotopic (exact) mass is 1510 g/mol. The summed E-state index contributed by atoms with van der Waals surface area (Å²) in [5.41, 5.74) is 13.3. The van der Waals surface area contributed by atoms with E-state index >= 15 is 8.78 Å². The molecule has 4 atom stereocenters. The number of nitrogens with zero attached hydrogens (tertiary/aromatic N) is 2. The molecule has 2 heterocycles. The highest BCUT2D eigenvalue weighted by molar-refractivity contribution is 7.69. The van der Waals surface area contributed by atoms with Gasteiger partial charge in [-0.1, -0.05) is 240 Å². The molecular formula is C95H120F2N2O4P4. The lowest BCUT2D eigenvalue weighted by molar-refractivity contribution is 0.246. The van der Waals surface area contributed by atoms with Crippen molar-refractivity contribution in [2.45, 2.75) is 289 Å². The Bertz CT molecular complexity index is 4430. The zero-order valence-electron chi connectivity index (χ0n) is 67.3. The second kappa shape index (κ2) is 31.4. The number of phenolic OH excluding ortho intramolecular Hbond substituents is 2. The Morgan fingerprint density at radius 2 is 0.607 bits per heavy atom. The topological polar surface area (TPSA) is 68.8 Å². The number of aromatic nitrogens is 2. The molecule has 6 nitrogen and oxygen atoms in total. The second-order valence-electron chi connectivity index (χ2n) is 36.4. The van der Waals surface area contributed by atoms with Crippen LogP contribution in [0.4, 0.5) is 8.78 Å². The van der Waals surface area contributed by atoms with Crippen molar-refractivity contribution in [3.8, 4) is 56.6 Å². The first-order chi connectivity index (χ1) is 50.9. The minimum absolute atomic E-state index is 0.0721. The third kappa shape index (κ3) is 15.9. The molecule has 4 unspecified atom stereocenters. The number of hydrogen-bond acceptors (Lipinski definition) is 4. The molecule has 12 heteroatoms. The highest BCUT2D eigenvalue weighted by Gasteiger charge is 2.40. The number of fused-ring (bicyclic) bond motifs is 6. The average molecular weight is 1520 g/mol. The van der Waals surface area contributed by atoms with Gasteiger partial charge < -0.3 is 28.8 Å². The van der Waals surface area contributed by atoms with E-state index < -0.39 is 43.3 Å². The largest absolute Gasteiger partial charge is 0.505 e. The molecule has 4 aliphatic rings. The molecule has 2 N–H and O–H groups in total. The maximum absolute atomic E-state index is 16.3. The van der Waals surface area contributed by atoms with E-state index in [1.165, 1.54) is 195 Å². The molecule has 4 saturated carbocycles. The Kier molecular flexibility index (Phi) is 22.8. The molecule has 10 aromatic rings. The van der Waals surface area contributed by atoms with Gasteiger partial charge in [-0.25, -0.2) is 8.78 Å². The fourth-order valence-corrected chi connectivity index (χ4v) is 34.6. The molecule has 568 valence electrons. The smallest absolute Gasteiger partial charge is 0.147 e. The summed E-state index contributed by atoms with van der Waals surface area (Å²) in [4.78, 5) is 0. The predicted molar refractivity (Wildman–Crippen MR) is 463 cm³/mol. The van der Waals surface area contributed by atoms with Crippen molar-refractivity contribution in [2.24, 2.45) is 0 Å². The molecule has 4 aliphatic carbocycles. The van der Waals surface area contributed by atoms with Crippen molar-refractivity contribution >= 4 is 96.5 Å². The maximum atomic E-state index is 16.3. The normalized spacial score (nSPS) is 17.9. The number of rotatable bonds is 18. The van der Waals surface area contributed by atoms with Gasteiger partial charge in [-0.05, 0) is 239 Å². The molecule has 0 spiro atoms. The molecule has 2 aromatic heterocycles. The van der Waals surface area contributed by atoms with Crippen LogP contribution in [0, 0.1) is 39.3 Å². The van der Waals surface area contributed by atoms with Crippen molar-refractivity contribution in [2.75, 3.05) is 13.2 Å². The first-order valence-electron chi connectivity index (χ1n) is 40.8. The van der Waals surface area contributed by atoms with Crippen LogP contribution in [0.2, 0.25) is 0 Å². The minimum Gasteiger partial charge on any atom is -0.505 e. The predicted octanol–water partition coefficient (Wildman–Crippen LogP) is 26.9. The van der Waals surface area contributed by atoms with Crippen LogP contribution < -0.4 is 30.7 Å². The summed E-state index contributed by atoms with van der Waals surface area (Å²) in [6.07, 6.45) is 26.0. The van der Waals surface area contributed by atoms with Crippen molar-refractivity contribution in [3.63, 3.8) is 0 Å². The number of halogens is 2. The van der Waals surface area contributed by atoms with Gasteiger partial charge in [0.1, 0.15) is 34.6 Å². The van der Waals surface area contributed by atoms with Gasteiger partial charge in [-0.3, -0.25) is 0 Å². The Hall–Kier alpha value is -5.86. The lowest BCUT2D eigenvalue weighted by Gasteiger charge is -2.40. The van der Waals surface area contributed by atoms with Crippen LogP contribution in [0.5, 0.6) is 23.0 Å². The van der Waals surface area contributed by atoms with E-state index in [0.29, 0.717) is 85.3 Å². The van der Waals surface area contributed by atoms with E-state index in [1.54, 1.807) is 0 Å². The number of hydrogen-bond donors (Lipinski definition) is 2. The van der Waals surface area contributed by atoms with Crippen LogP contribution in [0.1, 0.15) is 240 Å². The summed E-state index contributed by atoms with van der Waals surface area (Å²) in [5, 5.41) is 37.3. The molecule has 0 aliphatic heterocycles. The van der Waals surface area contributed by atoms with Gasteiger partial charge in [0.15, 0.2) is 0 Å². The van der Waals surface area contributed by atoms with Crippen LogP contribution in [-0.2, 0) is 0 Å². The molecule has 0 amide bonds. The van der Waals surface area contributed by atoms with Gasteiger partial charge in [0.2, 0.25) is 0 Å². The maximum Gasteiger partial charge on any atom is 0.147 e. The van der Waals surface area contributed by atoms with Crippen LogP contribution in [-0.4, -0.2) is 75.8 Å². The van der Waals surface area contributed by atoms with Gasteiger partial charge in [-0.2, -0.15) is 0 Å². The molecular weight excluding hydrogens is 1390 g/mol. The van der Waals surface area contributed by atoms with E-state index in [1.807, 2.05) is 26.0 Å². The fourth-order valence-electron chi connectivity index (χ4n) is 20.0. The standard InChI is InChI=1S/C95H120F2N2O4P4/c1-60-48-78(88(100)86(50-60)98-82-56-70(104(92(5,6)7)66-30-21-17-22-31-66)38-42-74(82)75-43-39-71(57-83(75)98)105(93(8,9)10)67-32-23-18-24-33-67)80-54-64(96)52-62(3)90(80)102-46-29-47-103-91-63(4)53-65(97)55-81(91)79-49-61(2)51-87(89(79)101)99-84-58-72(106(94(11,12)13)68-34-25-19-26-35-68)40-44-76(84)77-45-41-73(59-85(77)99)107(95(14,15)16)69-36-27-20-28-37-69/h38-45,48-59,66-69,100-101H,17-37,46-47H2,1-16H3. The van der Waals surface area contributed by atoms with Crippen LogP contribution in [0.15, 0.2) is 121 Å². The molecule has 107 heavy (non-hydrogen) atoms. The molecule has 0 bridgehead atoms. The van der Waals surface area contributed by atoms with E-state index in [-0.39, 0.29) is 45.3 Å². The number of aryl methyl sites for hydroxylation is 4. The Morgan fingerprint density at radius 1 is 0.346 bits per heavy atom. The fraction of sp³-hybridized carbons (Fsp3) is 0.495. The molecule has 4 fully saturated rings. The molecule has 0 radical (unpaired) electrons. The van der Waals surface area contributed by atoms with Gasteiger partial charge in [0, 0.05) is 50.2 Å². The SMILES string of the molecule is Cc1cc(-c2cc(F)cc(C)c2OCCCOc2c(C)cc(F)cc2-c2cc(C)cc(-n3c4cc(P(C5CCCCC5)C(C)(C)C)ccc4c4ccc(P(C5CCCCC5)C(C)(C)C)cc43)c2O)c(O)c(-n2c3cc(P(C4CCCCC4)C(C)(C)C)ccc3c3ccc(P(C4CCCCC4)C(C)(C)C)cc32)c1. The molecule has 14 rings (SSSR count). The first-order valence-corrected chi connectivity index (χ1v) is 46.5. The van der Waals surface area contributed by atoms with Crippen molar-refractivity contribution in [1.29, 1.82) is 0 Å². The lowest BCUT2D eigenvalue weighted by atomic mass is 9.97. The Labute approximate surface area is 644 Å². The summed E-state index contributed by atoms with van der Waals surface area (Å²) in [7, 11) is -2.18. The number of aromatic hydroxyl groups is 2. The highest BCUT2D eigenvalue weighted by Crippen LogP contribution is 2.62. The van der Waals surface area contributed by atoms with Crippen LogP contribution >= 0.6 is 31.7 Å². The third-order valence-corrected chi connectivity index (χ3v) is 38.1. The summed E-state index contributed by atoms with van der Waals surface area (Å²) in [6.45, 7) is 37.6. The molecule has 0 saturated heterocycles. The van der Waals surface area contributed by atoms with Crippen LogP contribution in [0.25, 0.3) is 77.2 Å². The van der Waals surface area contributed by atoms with Crippen molar-refractivity contribution in [1.82, 2.24) is 9.13 Å². The number of benzene rings is 8. The third-order valence-electron chi connectivity index (χ3n) is 24.0. The highest BCUT2D eigenvalue weighted by atomic mass is 31.1. The minimum atomic E-state index is -0.545. The quantitative estimate of drug-likeness (QED) is 0.0664. The summed E-state index contributed by atoms with van der Waals surface area (Å²) >= 11 is 0. The Balaban J connectivity index is 0.815. The molecule has 8 aromatic carbocycles. The average Bonchev–Trinajstić information content (AvgIpc) is 1.59. The summed E-state index contributed by atoms with van der Waals surface area (Å²) in [5.74, 6) is 0.296. The zero-order chi connectivity index (χ0) is 75.8. The second-order valence-corrected chi connectivity index (χ2v) is 49.7. The van der Waals surface area contributed by atoms with Crippen LogP contribution in [0.3, 0.4) is 0 Å². The van der Waals surface area contributed by atoms with Gasteiger partial charge in [0.25, 0.3) is 0 Å².